The quantitative estimate of drug-likeness (QED) is 0.718. The van der Waals surface area contributed by atoms with E-state index in [2.05, 4.69) is 17.1 Å². The van der Waals surface area contributed by atoms with Crippen molar-refractivity contribution in [3.63, 3.8) is 0 Å². The van der Waals surface area contributed by atoms with Crippen LogP contribution in [-0.2, 0) is 16.6 Å². The molecule has 0 spiro atoms. The number of carbonyl (C=O) groups excluding carboxylic acids is 2. The number of nitrogens with one attached hydrogen (secondary N) is 1. The van der Waals surface area contributed by atoms with Crippen LogP contribution in [0.5, 0.6) is 5.75 Å². The lowest BCUT2D eigenvalue weighted by Crippen LogP contribution is -2.43. The number of carbonyl (C=O) groups is 2. The molecule has 1 saturated heterocycles. The summed E-state index contributed by atoms with van der Waals surface area (Å²) in [4.78, 5) is 27.8. The van der Waals surface area contributed by atoms with Crippen LogP contribution < -0.4 is 10.1 Å². The number of nitrogens with zero attached hydrogens (tertiary/aromatic N) is 2. The van der Waals surface area contributed by atoms with E-state index in [-0.39, 0.29) is 12.5 Å². The van der Waals surface area contributed by atoms with Gasteiger partial charge in [0.1, 0.15) is 5.75 Å². The fraction of sp³-hybridized carbons (Fsp3) is 0.545. The average molecular weight is 402 g/mol. The molecule has 0 saturated carbocycles. The summed E-state index contributed by atoms with van der Waals surface area (Å²) >= 11 is 0. The number of aryl methyl sites for hydroxylation is 1. The molecule has 1 amide bonds. The molecule has 1 fully saturated rings. The van der Waals surface area contributed by atoms with E-state index in [4.69, 9.17) is 9.47 Å². The molecule has 29 heavy (non-hydrogen) atoms. The van der Waals surface area contributed by atoms with Crippen LogP contribution in [0.2, 0.25) is 0 Å². The number of benzene rings is 1. The van der Waals surface area contributed by atoms with Crippen molar-refractivity contribution in [1.29, 1.82) is 0 Å². The van der Waals surface area contributed by atoms with Crippen molar-refractivity contribution in [3.05, 3.63) is 23.9 Å². The first-order valence-corrected chi connectivity index (χ1v) is 10.4. The van der Waals surface area contributed by atoms with Gasteiger partial charge in [0.05, 0.1) is 31.5 Å². The number of fused-ring (bicyclic) bond motifs is 1. The van der Waals surface area contributed by atoms with Crippen LogP contribution in [0.3, 0.4) is 0 Å². The summed E-state index contributed by atoms with van der Waals surface area (Å²) < 4.78 is 12.4. The molecular formula is C22H31N3O4. The minimum absolute atomic E-state index is 0.119. The van der Waals surface area contributed by atoms with Gasteiger partial charge in [-0.25, -0.2) is 4.79 Å². The molecule has 1 aromatic carbocycles. The summed E-state index contributed by atoms with van der Waals surface area (Å²) in [6, 6.07) is 5.99. The predicted octanol–water partition coefficient (Wildman–Crippen LogP) is 3.57. The Hall–Kier alpha value is -2.54. The fourth-order valence-corrected chi connectivity index (χ4v) is 4.21. The zero-order valence-electron chi connectivity index (χ0n) is 17.8. The zero-order valence-corrected chi connectivity index (χ0v) is 17.8. The van der Waals surface area contributed by atoms with E-state index in [1.165, 1.54) is 6.42 Å². The highest BCUT2D eigenvalue weighted by Gasteiger charge is 2.27. The van der Waals surface area contributed by atoms with E-state index in [1.54, 1.807) is 25.6 Å². The topological polar surface area (TPSA) is 72.8 Å². The highest BCUT2D eigenvalue weighted by atomic mass is 16.5. The van der Waals surface area contributed by atoms with Crippen molar-refractivity contribution >= 4 is 28.5 Å². The SMILES string of the molecule is CCOC(=O)c1c(NC(=O)CN2CCCC[C@H]2CC)c2cc(OC)ccc2n1C. The molecule has 7 nitrogen and oxygen atoms in total. The van der Waals surface area contributed by atoms with Gasteiger partial charge in [0, 0.05) is 18.5 Å². The molecule has 1 aliphatic rings. The Labute approximate surface area is 171 Å². The second-order valence-corrected chi connectivity index (χ2v) is 7.46. The lowest BCUT2D eigenvalue weighted by molar-refractivity contribution is -0.118. The van der Waals surface area contributed by atoms with Crippen molar-refractivity contribution in [1.82, 2.24) is 9.47 Å². The number of anilines is 1. The second-order valence-electron chi connectivity index (χ2n) is 7.46. The number of methoxy groups -OCH3 is 1. The number of aromatic nitrogens is 1. The number of hydrogen-bond donors (Lipinski definition) is 1. The summed E-state index contributed by atoms with van der Waals surface area (Å²) in [7, 11) is 3.39. The molecule has 1 atom stereocenters. The van der Waals surface area contributed by atoms with Crippen molar-refractivity contribution in [2.45, 2.75) is 45.6 Å². The van der Waals surface area contributed by atoms with Gasteiger partial charge < -0.3 is 19.4 Å². The number of rotatable bonds is 7. The van der Waals surface area contributed by atoms with Gasteiger partial charge in [-0.05, 0) is 50.9 Å². The maximum absolute atomic E-state index is 12.9. The van der Waals surface area contributed by atoms with E-state index < -0.39 is 5.97 Å². The lowest BCUT2D eigenvalue weighted by atomic mass is 10.00. The molecule has 0 aliphatic carbocycles. The Balaban J connectivity index is 1.94. The Bertz CT molecular complexity index is 890. The van der Waals surface area contributed by atoms with Gasteiger partial charge in [-0.1, -0.05) is 13.3 Å². The summed E-state index contributed by atoms with van der Waals surface area (Å²) in [5.74, 6) is 0.0900. The van der Waals surface area contributed by atoms with Crippen LogP contribution in [0, 0.1) is 0 Å². The fourth-order valence-electron chi connectivity index (χ4n) is 4.21. The largest absolute Gasteiger partial charge is 0.497 e. The highest BCUT2D eigenvalue weighted by Crippen LogP contribution is 2.34. The Morgan fingerprint density at radius 2 is 2.03 bits per heavy atom. The van der Waals surface area contributed by atoms with E-state index in [0.29, 0.717) is 29.7 Å². The zero-order chi connectivity index (χ0) is 21.0. The Kier molecular flexibility index (Phi) is 6.79. The smallest absolute Gasteiger partial charge is 0.357 e. The molecule has 0 radical (unpaired) electrons. The molecule has 3 rings (SSSR count). The van der Waals surface area contributed by atoms with E-state index in [1.807, 2.05) is 18.2 Å². The number of amides is 1. The van der Waals surface area contributed by atoms with E-state index >= 15 is 0 Å². The number of hydrogen-bond acceptors (Lipinski definition) is 5. The monoisotopic (exact) mass is 401 g/mol. The van der Waals surface area contributed by atoms with Crippen molar-refractivity contribution in [2.24, 2.45) is 7.05 Å². The summed E-state index contributed by atoms with van der Waals surface area (Å²) in [6.45, 7) is 5.45. The van der Waals surface area contributed by atoms with Gasteiger partial charge in [-0.3, -0.25) is 9.69 Å². The second kappa shape index (κ2) is 9.31. The maximum atomic E-state index is 12.9. The third kappa shape index (κ3) is 4.40. The van der Waals surface area contributed by atoms with Gasteiger partial charge in [0.15, 0.2) is 5.69 Å². The molecule has 0 unspecified atom stereocenters. The summed E-state index contributed by atoms with van der Waals surface area (Å²) in [6.07, 6.45) is 4.49. The van der Waals surface area contributed by atoms with Crippen LogP contribution in [0.4, 0.5) is 5.69 Å². The molecule has 1 aliphatic heterocycles. The predicted molar refractivity (Wildman–Crippen MR) is 114 cm³/mol. The Morgan fingerprint density at radius 1 is 1.24 bits per heavy atom. The van der Waals surface area contributed by atoms with Gasteiger partial charge in [0.25, 0.3) is 0 Å². The lowest BCUT2D eigenvalue weighted by Gasteiger charge is -2.34. The molecule has 1 N–H and O–H groups in total. The number of ether oxygens (including phenoxy) is 2. The minimum Gasteiger partial charge on any atom is -0.497 e. The summed E-state index contributed by atoms with van der Waals surface area (Å²) in [5.41, 5.74) is 1.65. The van der Waals surface area contributed by atoms with Crippen molar-refractivity contribution < 1.29 is 19.1 Å². The van der Waals surface area contributed by atoms with Crippen LogP contribution in [-0.4, -0.2) is 54.2 Å². The van der Waals surface area contributed by atoms with Gasteiger partial charge >= 0.3 is 5.97 Å². The first-order valence-electron chi connectivity index (χ1n) is 10.4. The maximum Gasteiger partial charge on any atom is 0.357 e. The van der Waals surface area contributed by atoms with Gasteiger partial charge in [-0.2, -0.15) is 0 Å². The molecule has 2 aromatic rings. The average Bonchev–Trinajstić information content (AvgIpc) is 2.99. The first kappa shape index (κ1) is 21.2. The van der Waals surface area contributed by atoms with Crippen LogP contribution in [0.1, 0.15) is 50.0 Å². The van der Waals surface area contributed by atoms with Gasteiger partial charge in [0.2, 0.25) is 5.91 Å². The first-order chi connectivity index (χ1) is 14.0. The van der Waals surface area contributed by atoms with E-state index in [0.717, 1.165) is 36.7 Å². The molecular weight excluding hydrogens is 370 g/mol. The van der Waals surface area contributed by atoms with Crippen molar-refractivity contribution in [2.75, 3.05) is 32.1 Å². The van der Waals surface area contributed by atoms with E-state index in [9.17, 15) is 9.59 Å². The molecule has 7 heteroatoms. The van der Waals surface area contributed by atoms with Crippen LogP contribution in [0.15, 0.2) is 18.2 Å². The number of piperidine rings is 1. The summed E-state index contributed by atoms with van der Waals surface area (Å²) in [5, 5.41) is 3.76. The van der Waals surface area contributed by atoms with Crippen LogP contribution >= 0.6 is 0 Å². The highest BCUT2D eigenvalue weighted by molar-refractivity contribution is 6.12. The normalized spacial score (nSPS) is 17.3. The Morgan fingerprint density at radius 3 is 2.72 bits per heavy atom. The third-order valence-corrected chi connectivity index (χ3v) is 5.71. The third-order valence-electron chi connectivity index (χ3n) is 5.71. The molecule has 158 valence electrons. The van der Waals surface area contributed by atoms with Crippen molar-refractivity contribution in [3.8, 4) is 5.75 Å². The van der Waals surface area contributed by atoms with Crippen LogP contribution in [0.25, 0.3) is 10.9 Å². The molecule has 1 aromatic heterocycles. The van der Waals surface area contributed by atoms with Gasteiger partial charge in [-0.15, -0.1) is 0 Å². The minimum atomic E-state index is -0.454. The number of esters is 1. The number of likely N-dealkylation sites (tertiary alicyclic amines) is 1. The standard InChI is InChI=1S/C22H31N3O4/c1-5-15-9-7-8-12-25(15)14-19(26)23-20-17-13-16(28-4)10-11-18(17)24(3)21(20)22(27)29-6-2/h10-11,13,15H,5-9,12,14H2,1-4H3,(H,23,26)/t15-/m1/s1. The molecule has 0 bridgehead atoms. The molecule has 2 heterocycles.